The monoisotopic (exact) mass is 294 g/mol. The fourth-order valence-corrected chi connectivity index (χ4v) is 1.98. The first-order chi connectivity index (χ1) is 9.65. The SMILES string of the molecule is O=C(/C=C/C(=O)N1CCNCC1)Nc1cncc(Cl)c1. The number of carbonyl (C=O) groups is 2. The minimum atomic E-state index is -0.391. The maximum atomic E-state index is 11.8. The number of rotatable bonds is 3. The third kappa shape index (κ3) is 4.32. The molecule has 1 aliphatic heterocycles. The Morgan fingerprint density at radius 3 is 2.75 bits per heavy atom. The van der Waals surface area contributed by atoms with Gasteiger partial charge in [-0.15, -0.1) is 0 Å². The predicted molar refractivity (Wildman–Crippen MR) is 76.5 cm³/mol. The van der Waals surface area contributed by atoms with Gasteiger partial charge in [-0.1, -0.05) is 11.6 Å². The van der Waals surface area contributed by atoms with Crippen LogP contribution in [0.1, 0.15) is 0 Å². The summed E-state index contributed by atoms with van der Waals surface area (Å²) in [6.45, 7) is 2.87. The highest BCUT2D eigenvalue weighted by Crippen LogP contribution is 2.12. The predicted octanol–water partition coefficient (Wildman–Crippen LogP) is 0.662. The van der Waals surface area contributed by atoms with E-state index >= 15 is 0 Å². The molecular formula is C13H15ClN4O2. The summed E-state index contributed by atoms with van der Waals surface area (Å²) in [7, 11) is 0. The van der Waals surface area contributed by atoms with Crippen LogP contribution < -0.4 is 10.6 Å². The molecule has 0 aromatic carbocycles. The second-order valence-corrected chi connectivity index (χ2v) is 4.73. The van der Waals surface area contributed by atoms with Crippen molar-refractivity contribution in [3.8, 4) is 0 Å². The molecule has 1 aromatic rings. The number of anilines is 1. The third-order valence-electron chi connectivity index (χ3n) is 2.78. The van der Waals surface area contributed by atoms with Crippen molar-refractivity contribution in [3.63, 3.8) is 0 Å². The first-order valence-electron chi connectivity index (χ1n) is 6.24. The van der Waals surface area contributed by atoms with E-state index in [-0.39, 0.29) is 5.91 Å². The highest BCUT2D eigenvalue weighted by atomic mass is 35.5. The quantitative estimate of drug-likeness (QED) is 0.803. The smallest absolute Gasteiger partial charge is 0.248 e. The molecule has 1 aromatic heterocycles. The lowest BCUT2D eigenvalue weighted by Gasteiger charge is -2.26. The zero-order chi connectivity index (χ0) is 14.4. The van der Waals surface area contributed by atoms with E-state index in [9.17, 15) is 9.59 Å². The number of amides is 2. The van der Waals surface area contributed by atoms with Crippen molar-refractivity contribution in [2.24, 2.45) is 0 Å². The number of nitrogens with one attached hydrogen (secondary N) is 2. The molecule has 2 amide bonds. The molecule has 0 aliphatic carbocycles. The Morgan fingerprint density at radius 2 is 2.05 bits per heavy atom. The molecule has 0 atom stereocenters. The Hall–Kier alpha value is -1.92. The molecule has 6 nitrogen and oxygen atoms in total. The molecule has 0 radical (unpaired) electrons. The summed E-state index contributed by atoms with van der Waals surface area (Å²) in [5.74, 6) is -0.552. The van der Waals surface area contributed by atoms with Crippen molar-refractivity contribution in [1.29, 1.82) is 0 Å². The third-order valence-corrected chi connectivity index (χ3v) is 2.99. The van der Waals surface area contributed by atoms with E-state index in [0.29, 0.717) is 23.8 Å². The Labute approximate surface area is 121 Å². The van der Waals surface area contributed by atoms with Gasteiger partial charge in [0, 0.05) is 44.5 Å². The summed E-state index contributed by atoms with van der Waals surface area (Å²) in [6, 6.07) is 1.58. The van der Waals surface area contributed by atoms with Crippen molar-refractivity contribution < 1.29 is 9.59 Å². The van der Waals surface area contributed by atoms with Gasteiger partial charge in [-0.25, -0.2) is 0 Å². The number of carbonyl (C=O) groups excluding carboxylic acids is 2. The summed E-state index contributed by atoms with van der Waals surface area (Å²) in [4.78, 5) is 29.0. The van der Waals surface area contributed by atoms with Crippen LogP contribution in [0.15, 0.2) is 30.6 Å². The van der Waals surface area contributed by atoms with E-state index in [4.69, 9.17) is 11.6 Å². The van der Waals surface area contributed by atoms with E-state index in [1.807, 2.05) is 0 Å². The molecule has 2 rings (SSSR count). The lowest BCUT2D eigenvalue weighted by Crippen LogP contribution is -2.45. The Bertz CT molecular complexity index is 527. The molecule has 0 bridgehead atoms. The standard InChI is InChI=1S/C13H15ClN4O2/c14-10-7-11(9-16-8-10)17-12(19)1-2-13(20)18-5-3-15-4-6-18/h1-2,7-9,15H,3-6H2,(H,17,19)/b2-1+. The Kier molecular flexibility index (Phi) is 5.09. The molecule has 7 heteroatoms. The van der Waals surface area contributed by atoms with Gasteiger partial charge >= 0.3 is 0 Å². The number of piperazine rings is 1. The summed E-state index contributed by atoms with van der Waals surface area (Å²) in [6.07, 6.45) is 5.45. The molecule has 0 spiro atoms. The molecule has 106 valence electrons. The fourth-order valence-electron chi connectivity index (χ4n) is 1.80. The fraction of sp³-hybridized carbons (Fsp3) is 0.308. The topological polar surface area (TPSA) is 74.3 Å². The van der Waals surface area contributed by atoms with Gasteiger partial charge in [0.25, 0.3) is 0 Å². The van der Waals surface area contributed by atoms with Crippen LogP contribution in [0, 0.1) is 0 Å². The van der Waals surface area contributed by atoms with Crippen LogP contribution in [-0.2, 0) is 9.59 Å². The molecular weight excluding hydrogens is 280 g/mol. The lowest BCUT2D eigenvalue weighted by atomic mass is 10.3. The van der Waals surface area contributed by atoms with Crippen LogP contribution in [0.2, 0.25) is 5.02 Å². The van der Waals surface area contributed by atoms with Gasteiger partial charge in [0.2, 0.25) is 11.8 Å². The van der Waals surface area contributed by atoms with Crippen LogP contribution >= 0.6 is 11.6 Å². The van der Waals surface area contributed by atoms with Crippen molar-refractivity contribution in [3.05, 3.63) is 35.6 Å². The number of hydrogen-bond acceptors (Lipinski definition) is 4. The van der Waals surface area contributed by atoms with Crippen molar-refractivity contribution in [2.75, 3.05) is 31.5 Å². The van der Waals surface area contributed by atoms with E-state index in [1.54, 1.807) is 11.0 Å². The van der Waals surface area contributed by atoms with E-state index in [2.05, 4.69) is 15.6 Å². The summed E-state index contributed by atoms with van der Waals surface area (Å²) >= 11 is 5.76. The van der Waals surface area contributed by atoms with Gasteiger partial charge in [0.15, 0.2) is 0 Å². The summed E-state index contributed by atoms with van der Waals surface area (Å²) in [5, 5.41) is 6.17. The zero-order valence-electron chi connectivity index (χ0n) is 10.8. The number of aromatic nitrogens is 1. The van der Waals surface area contributed by atoms with Gasteiger partial charge in [0.1, 0.15) is 0 Å². The van der Waals surface area contributed by atoms with Gasteiger partial charge in [0.05, 0.1) is 16.9 Å². The van der Waals surface area contributed by atoms with Crippen LogP contribution in [0.5, 0.6) is 0 Å². The number of nitrogens with zero attached hydrogens (tertiary/aromatic N) is 2. The minimum Gasteiger partial charge on any atom is -0.337 e. The molecule has 1 fully saturated rings. The molecule has 20 heavy (non-hydrogen) atoms. The van der Waals surface area contributed by atoms with Gasteiger partial charge < -0.3 is 15.5 Å². The van der Waals surface area contributed by atoms with Crippen LogP contribution in [0.25, 0.3) is 0 Å². The largest absolute Gasteiger partial charge is 0.337 e. The van der Waals surface area contributed by atoms with Crippen molar-refractivity contribution in [1.82, 2.24) is 15.2 Å². The maximum Gasteiger partial charge on any atom is 0.248 e. The zero-order valence-corrected chi connectivity index (χ0v) is 11.6. The highest BCUT2D eigenvalue weighted by molar-refractivity contribution is 6.30. The molecule has 1 aliphatic rings. The van der Waals surface area contributed by atoms with Crippen LogP contribution in [0.4, 0.5) is 5.69 Å². The first-order valence-corrected chi connectivity index (χ1v) is 6.62. The number of halogens is 1. The van der Waals surface area contributed by atoms with Gasteiger partial charge in [-0.05, 0) is 6.07 Å². The van der Waals surface area contributed by atoms with Crippen LogP contribution in [-0.4, -0.2) is 47.9 Å². The van der Waals surface area contributed by atoms with E-state index in [0.717, 1.165) is 13.1 Å². The summed E-state index contributed by atoms with van der Waals surface area (Å²) < 4.78 is 0. The van der Waals surface area contributed by atoms with E-state index in [1.165, 1.54) is 24.5 Å². The van der Waals surface area contributed by atoms with Crippen molar-refractivity contribution >= 4 is 29.1 Å². The lowest BCUT2D eigenvalue weighted by molar-refractivity contribution is -0.126. The molecule has 2 N–H and O–H groups in total. The molecule has 0 unspecified atom stereocenters. The first kappa shape index (κ1) is 14.5. The van der Waals surface area contributed by atoms with Gasteiger partial charge in [-0.2, -0.15) is 0 Å². The van der Waals surface area contributed by atoms with Gasteiger partial charge in [-0.3, -0.25) is 14.6 Å². The molecule has 1 saturated heterocycles. The van der Waals surface area contributed by atoms with E-state index < -0.39 is 5.91 Å². The number of pyridine rings is 1. The maximum absolute atomic E-state index is 11.8. The number of hydrogen-bond donors (Lipinski definition) is 2. The molecule has 0 saturated carbocycles. The van der Waals surface area contributed by atoms with Crippen LogP contribution in [0.3, 0.4) is 0 Å². The molecule has 2 heterocycles. The second kappa shape index (κ2) is 7.02. The minimum absolute atomic E-state index is 0.161. The second-order valence-electron chi connectivity index (χ2n) is 4.29. The Balaban J connectivity index is 1.87. The van der Waals surface area contributed by atoms with Crippen molar-refractivity contribution in [2.45, 2.75) is 0 Å². The highest BCUT2D eigenvalue weighted by Gasteiger charge is 2.13. The summed E-state index contributed by atoms with van der Waals surface area (Å²) in [5.41, 5.74) is 0.488. The normalized spacial score (nSPS) is 15.3. The average Bonchev–Trinajstić information content (AvgIpc) is 2.46. The Morgan fingerprint density at radius 1 is 1.30 bits per heavy atom. The average molecular weight is 295 g/mol.